The number of nitriles is 1. The molecule has 0 amide bonds. The van der Waals surface area contributed by atoms with Crippen molar-refractivity contribution in [1.29, 1.82) is 5.26 Å². The van der Waals surface area contributed by atoms with Crippen LogP contribution in [0.15, 0.2) is 65.8 Å². The third kappa shape index (κ3) is 4.54. The summed E-state index contributed by atoms with van der Waals surface area (Å²) in [5.74, 6) is 1.93. The van der Waals surface area contributed by atoms with E-state index in [1.54, 1.807) is 47.0 Å². The van der Waals surface area contributed by atoms with Gasteiger partial charge in [-0.1, -0.05) is 36.0 Å². The van der Waals surface area contributed by atoms with Crippen LogP contribution >= 0.6 is 11.8 Å². The second-order valence-electron chi connectivity index (χ2n) is 7.10. The molecule has 0 saturated carbocycles. The molecule has 3 aromatic carbocycles. The van der Waals surface area contributed by atoms with E-state index in [0.717, 1.165) is 5.56 Å². The molecule has 34 heavy (non-hydrogen) atoms. The summed E-state index contributed by atoms with van der Waals surface area (Å²) < 4.78 is 32.9. The number of thioether (sulfide) groups is 1. The lowest BCUT2D eigenvalue weighted by molar-refractivity contribution is 0.324. The Labute approximate surface area is 200 Å². The van der Waals surface area contributed by atoms with E-state index in [-0.39, 0.29) is 0 Å². The van der Waals surface area contributed by atoms with E-state index < -0.39 is 5.82 Å². The SMILES string of the molecule is COc1cc(-c2nnc(SCc3ccc(C#N)cc3)n2-c2ccccc2F)cc(OC)c1OC. The first-order chi connectivity index (χ1) is 16.6. The molecule has 0 unspecified atom stereocenters. The van der Waals surface area contributed by atoms with Gasteiger partial charge in [0.25, 0.3) is 0 Å². The van der Waals surface area contributed by atoms with Crippen molar-refractivity contribution in [2.24, 2.45) is 0 Å². The van der Waals surface area contributed by atoms with E-state index >= 15 is 0 Å². The first kappa shape index (κ1) is 23.1. The average Bonchev–Trinajstić information content (AvgIpc) is 3.30. The Balaban J connectivity index is 1.80. The molecule has 0 atom stereocenters. The highest BCUT2D eigenvalue weighted by atomic mass is 32.2. The maximum absolute atomic E-state index is 14.9. The average molecular weight is 477 g/mol. The van der Waals surface area contributed by atoms with Crippen LogP contribution in [0.3, 0.4) is 0 Å². The van der Waals surface area contributed by atoms with Gasteiger partial charge in [-0.25, -0.2) is 4.39 Å². The normalized spacial score (nSPS) is 10.6. The zero-order valence-electron chi connectivity index (χ0n) is 18.8. The van der Waals surface area contributed by atoms with Gasteiger partial charge in [0.1, 0.15) is 5.82 Å². The fourth-order valence-electron chi connectivity index (χ4n) is 3.43. The number of hydrogen-bond acceptors (Lipinski definition) is 7. The van der Waals surface area contributed by atoms with Crippen molar-refractivity contribution in [2.45, 2.75) is 10.9 Å². The van der Waals surface area contributed by atoms with Crippen LogP contribution in [-0.2, 0) is 5.75 Å². The number of halogens is 1. The molecule has 0 spiro atoms. The van der Waals surface area contributed by atoms with Crippen LogP contribution in [0, 0.1) is 17.1 Å². The fraction of sp³-hybridized carbons (Fsp3) is 0.160. The summed E-state index contributed by atoms with van der Waals surface area (Å²) >= 11 is 1.41. The van der Waals surface area contributed by atoms with Gasteiger partial charge < -0.3 is 14.2 Å². The summed E-state index contributed by atoms with van der Waals surface area (Å²) in [5, 5.41) is 18.3. The van der Waals surface area contributed by atoms with Crippen LogP contribution < -0.4 is 14.2 Å². The number of ether oxygens (including phenoxy) is 3. The predicted molar refractivity (Wildman–Crippen MR) is 127 cm³/mol. The Morgan fingerprint density at radius 3 is 2.21 bits per heavy atom. The second kappa shape index (κ2) is 10.3. The predicted octanol–water partition coefficient (Wildman–Crippen LogP) is 5.26. The van der Waals surface area contributed by atoms with Crippen LogP contribution in [0.1, 0.15) is 11.1 Å². The molecular weight excluding hydrogens is 455 g/mol. The summed E-state index contributed by atoms with van der Waals surface area (Å²) in [6.07, 6.45) is 0. The van der Waals surface area contributed by atoms with Gasteiger partial charge in [-0.3, -0.25) is 4.57 Å². The molecule has 0 saturated heterocycles. The maximum Gasteiger partial charge on any atom is 0.203 e. The molecule has 0 fully saturated rings. The number of rotatable bonds is 8. The minimum atomic E-state index is -0.406. The Kier molecular flexibility index (Phi) is 6.99. The molecule has 0 bridgehead atoms. The number of hydrogen-bond donors (Lipinski definition) is 0. The summed E-state index contributed by atoms with van der Waals surface area (Å²) in [6.45, 7) is 0. The van der Waals surface area contributed by atoms with Crippen LogP contribution in [0.25, 0.3) is 17.1 Å². The molecule has 4 aromatic rings. The number of benzene rings is 3. The Morgan fingerprint density at radius 2 is 1.62 bits per heavy atom. The highest BCUT2D eigenvalue weighted by molar-refractivity contribution is 7.98. The van der Waals surface area contributed by atoms with E-state index in [2.05, 4.69) is 16.3 Å². The Bertz CT molecular complexity index is 1320. The van der Waals surface area contributed by atoms with Gasteiger partial charge >= 0.3 is 0 Å². The number of aromatic nitrogens is 3. The van der Waals surface area contributed by atoms with Gasteiger partial charge in [-0.05, 0) is 42.0 Å². The lowest BCUT2D eigenvalue weighted by Crippen LogP contribution is -2.03. The molecule has 0 aliphatic rings. The molecule has 4 rings (SSSR count). The Hall–Kier alpha value is -4.03. The van der Waals surface area contributed by atoms with E-state index in [9.17, 15) is 4.39 Å². The molecule has 7 nitrogen and oxygen atoms in total. The molecule has 0 aliphatic heterocycles. The lowest BCUT2D eigenvalue weighted by atomic mass is 10.1. The largest absolute Gasteiger partial charge is 0.493 e. The van der Waals surface area contributed by atoms with Crippen LogP contribution in [0.5, 0.6) is 17.2 Å². The minimum Gasteiger partial charge on any atom is -0.493 e. The van der Waals surface area contributed by atoms with Crippen molar-refractivity contribution in [3.63, 3.8) is 0 Å². The van der Waals surface area contributed by atoms with Crippen molar-refractivity contribution >= 4 is 11.8 Å². The van der Waals surface area contributed by atoms with Crippen LogP contribution in [0.2, 0.25) is 0 Å². The second-order valence-corrected chi connectivity index (χ2v) is 8.05. The van der Waals surface area contributed by atoms with Crippen molar-refractivity contribution in [3.8, 4) is 40.4 Å². The summed E-state index contributed by atoms with van der Waals surface area (Å²) in [5.41, 5.74) is 2.53. The first-order valence-electron chi connectivity index (χ1n) is 10.2. The van der Waals surface area contributed by atoms with Crippen molar-refractivity contribution in [3.05, 3.63) is 77.6 Å². The topological polar surface area (TPSA) is 82.2 Å². The highest BCUT2D eigenvalue weighted by Crippen LogP contribution is 2.42. The monoisotopic (exact) mass is 476 g/mol. The van der Waals surface area contributed by atoms with Gasteiger partial charge in [0, 0.05) is 11.3 Å². The van der Waals surface area contributed by atoms with Gasteiger partial charge in [-0.2, -0.15) is 5.26 Å². The summed E-state index contributed by atoms with van der Waals surface area (Å²) in [7, 11) is 4.59. The zero-order valence-corrected chi connectivity index (χ0v) is 19.6. The van der Waals surface area contributed by atoms with Crippen molar-refractivity contribution in [1.82, 2.24) is 14.8 Å². The fourth-order valence-corrected chi connectivity index (χ4v) is 4.33. The molecule has 0 N–H and O–H groups in total. The number of para-hydroxylation sites is 1. The van der Waals surface area contributed by atoms with Crippen LogP contribution in [-0.4, -0.2) is 36.1 Å². The van der Waals surface area contributed by atoms with Gasteiger partial charge in [0.15, 0.2) is 22.5 Å². The van der Waals surface area contributed by atoms with Crippen molar-refractivity contribution in [2.75, 3.05) is 21.3 Å². The number of nitrogens with zero attached hydrogens (tertiary/aromatic N) is 4. The number of methoxy groups -OCH3 is 3. The standard InChI is InChI=1S/C25H21FN4O3S/c1-31-21-12-18(13-22(32-2)23(21)33-3)24-28-29-25(30(24)20-7-5-4-6-19(20)26)34-15-17-10-8-16(14-27)9-11-17/h4-13H,15H2,1-3H3. The summed E-state index contributed by atoms with van der Waals surface area (Å²) in [4.78, 5) is 0. The minimum absolute atomic E-state index is 0.318. The van der Waals surface area contributed by atoms with Gasteiger partial charge in [0.05, 0.1) is 38.6 Å². The smallest absolute Gasteiger partial charge is 0.203 e. The van der Waals surface area contributed by atoms with Crippen molar-refractivity contribution < 1.29 is 18.6 Å². The first-order valence-corrected chi connectivity index (χ1v) is 11.2. The lowest BCUT2D eigenvalue weighted by Gasteiger charge is -2.15. The van der Waals surface area contributed by atoms with Gasteiger partial charge in [0.2, 0.25) is 5.75 Å². The molecular formula is C25H21FN4O3S. The van der Waals surface area contributed by atoms with E-state index in [1.165, 1.54) is 39.2 Å². The molecule has 0 radical (unpaired) electrons. The summed E-state index contributed by atoms with van der Waals surface area (Å²) in [6, 6.07) is 19.4. The highest BCUT2D eigenvalue weighted by Gasteiger charge is 2.22. The van der Waals surface area contributed by atoms with E-state index in [1.807, 2.05) is 12.1 Å². The van der Waals surface area contributed by atoms with E-state index in [4.69, 9.17) is 19.5 Å². The van der Waals surface area contributed by atoms with Gasteiger partial charge in [-0.15, -0.1) is 10.2 Å². The van der Waals surface area contributed by atoms with Crippen LogP contribution in [0.4, 0.5) is 4.39 Å². The zero-order chi connectivity index (χ0) is 24.1. The maximum atomic E-state index is 14.9. The quantitative estimate of drug-likeness (QED) is 0.321. The molecule has 0 aliphatic carbocycles. The third-order valence-electron chi connectivity index (χ3n) is 5.10. The molecule has 9 heteroatoms. The molecule has 1 heterocycles. The third-order valence-corrected chi connectivity index (χ3v) is 6.10. The molecule has 1 aromatic heterocycles. The molecule has 172 valence electrons. The Morgan fingerprint density at radius 1 is 0.941 bits per heavy atom. The van der Waals surface area contributed by atoms with E-state index in [0.29, 0.717) is 50.8 Å².